The SMILES string of the molecule is Cc1ccc(S(=O)(=O)N(C)C[C@H]2Oc3ccc(NC(=O)Nc4ccccc4)cc3C(=O)N([C@@H](C)CO)C[C@@H]2C)cc1. The maximum Gasteiger partial charge on any atom is 0.323 e. The van der Waals surface area contributed by atoms with Crippen LogP contribution in [0.2, 0.25) is 0 Å². The highest BCUT2D eigenvalue weighted by atomic mass is 32.2. The van der Waals surface area contributed by atoms with Gasteiger partial charge in [-0.2, -0.15) is 4.31 Å². The van der Waals surface area contributed by atoms with Crippen molar-refractivity contribution in [3.63, 3.8) is 0 Å². The van der Waals surface area contributed by atoms with Gasteiger partial charge >= 0.3 is 6.03 Å². The zero-order valence-corrected chi connectivity index (χ0v) is 24.4. The van der Waals surface area contributed by atoms with Gasteiger partial charge in [-0.15, -0.1) is 0 Å². The lowest BCUT2D eigenvalue weighted by Crippen LogP contribution is -2.50. The Morgan fingerprint density at radius 2 is 1.73 bits per heavy atom. The molecule has 0 fully saturated rings. The van der Waals surface area contributed by atoms with Crippen LogP contribution in [0, 0.1) is 12.8 Å². The van der Waals surface area contributed by atoms with E-state index in [0.29, 0.717) is 11.4 Å². The van der Waals surface area contributed by atoms with E-state index in [2.05, 4.69) is 10.6 Å². The topological polar surface area (TPSA) is 128 Å². The van der Waals surface area contributed by atoms with Crippen molar-refractivity contribution in [2.24, 2.45) is 5.92 Å². The van der Waals surface area contributed by atoms with Crippen molar-refractivity contribution in [1.82, 2.24) is 9.21 Å². The molecule has 0 bridgehead atoms. The van der Waals surface area contributed by atoms with E-state index in [1.807, 2.05) is 19.9 Å². The van der Waals surface area contributed by atoms with E-state index in [1.54, 1.807) is 72.5 Å². The van der Waals surface area contributed by atoms with Crippen LogP contribution < -0.4 is 15.4 Å². The Bertz CT molecular complexity index is 1480. The molecule has 11 heteroatoms. The van der Waals surface area contributed by atoms with E-state index >= 15 is 0 Å². The van der Waals surface area contributed by atoms with E-state index in [9.17, 15) is 23.1 Å². The minimum atomic E-state index is -3.79. The summed E-state index contributed by atoms with van der Waals surface area (Å²) in [7, 11) is -2.29. The normalized spacial score (nSPS) is 18.1. The van der Waals surface area contributed by atoms with Crippen molar-refractivity contribution in [2.45, 2.75) is 37.8 Å². The molecule has 41 heavy (non-hydrogen) atoms. The number of sulfonamides is 1. The summed E-state index contributed by atoms with van der Waals surface area (Å²) in [5, 5.41) is 15.4. The number of rotatable bonds is 8. The van der Waals surface area contributed by atoms with Gasteiger partial charge in [0.2, 0.25) is 10.0 Å². The number of benzene rings is 3. The first-order chi connectivity index (χ1) is 19.5. The predicted octanol–water partition coefficient (Wildman–Crippen LogP) is 4.18. The lowest BCUT2D eigenvalue weighted by atomic mass is 9.99. The number of likely N-dealkylation sites (N-methyl/N-ethyl adjacent to an activating group) is 1. The molecule has 3 aromatic carbocycles. The average Bonchev–Trinajstić information content (AvgIpc) is 2.95. The number of hydrogen-bond acceptors (Lipinski definition) is 6. The lowest BCUT2D eigenvalue weighted by Gasteiger charge is -2.38. The molecule has 10 nitrogen and oxygen atoms in total. The molecule has 3 atom stereocenters. The summed E-state index contributed by atoms with van der Waals surface area (Å²) in [5.41, 5.74) is 2.13. The number of aliphatic hydroxyl groups excluding tert-OH is 1. The fraction of sp³-hybridized carbons (Fsp3) is 0.333. The Hall–Kier alpha value is -3.93. The maximum atomic E-state index is 13.7. The summed E-state index contributed by atoms with van der Waals surface area (Å²) in [6.45, 7) is 5.53. The Kier molecular flexibility index (Phi) is 9.31. The summed E-state index contributed by atoms with van der Waals surface area (Å²) >= 11 is 0. The molecule has 0 aliphatic carbocycles. The van der Waals surface area contributed by atoms with Crippen LogP contribution in [0.15, 0.2) is 77.7 Å². The summed E-state index contributed by atoms with van der Waals surface area (Å²) in [6, 6.07) is 19.3. The number of nitrogens with one attached hydrogen (secondary N) is 2. The third kappa shape index (κ3) is 7.05. The highest BCUT2D eigenvalue weighted by Crippen LogP contribution is 2.31. The molecule has 3 aromatic rings. The second-order valence-corrected chi connectivity index (χ2v) is 12.4. The number of aliphatic hydroxyl groups is 1. The van der Waals surface area contributed by atoms with Gasteiger partial charge in [-0.25, -0.2) is 13.2 Å². The van der Waals surface area contributed by atoms with Crippen molar-refractivity contribution in [3.8, 4) is 5.75 Å². The standard InChI is InChI=1S/C30H36N4O6S/c1-20-10-13-25(14-11-20)41(38,39)33(4)18-28-21(2)17-34(22(3)19-35)29(36)26-16-24(12-15-27(26)40-28)32-30(37)31-23-8-6-5-7-9-23/h5-16,21-22,28,35H,17-19H2,1-4H3,(H2,31,32,37)/t21-,22-,28+/m0/s1. The number of urea groups is 1. The molecule has 0 saturated heterocycles. The van der Waals surface area contributed by atoms with E-state index < -0.39 is 28.2 Å². The van der Waals surface area contributed by atoms with Gasteiger partial charge in [0, 0.05) is 30.9 Å². The van der Waals surface area contributed by atoms with Gasteiger partial charge in [-0.3, -0.25) is 4.79 Å². The van der Waals surface area contributed by atoms with Crippen LogP contribution in [0.3, 0.4) is 0 Å². The Labute approximate surface area is 241 Å². The predicted molar refractivity (Wildman–Crippen MR) is 158 cm³/mol. The molecule has 3 N–H and O–H groups in total. The van der Waals surface area contributed by atoms with Crippen molar-refractivity contribution in [3.05, 3.63) is 83.9 Å². The fourth-order valence-electron chi connectivity index (χ4n) is 4.57. The van der Waals surface area contributed by atoms with Crippen molar-refractivity contribution in [2.75, 3.05) is 37.4 Å². The highest BCUT2D eigenvalue weighted by molar-refractivity contribution is 7.89. The Morgan fingerprint density at radius 3 is 2.39 bits per heavy atom. The van der Waals surface area contributed by atoms with Gasteiger partial charge < -0.3 is 25.4 Å². The minimum absolute atomic E-state index is 0.0336. The zero-order valence-electron chi connectivity index (χ0n) is 23.6. The minimum Gasteiger partial charge on any atom is -0.488 e. The first-order valence-corrected chi connectivity index (χ1v) is 14.8. The molecule has 1 aliphatic rings. The van der Waals surface area contributed by atoms with E-state index in [-0.39, 0.29) is 47.7 Å². The molecule has 3 amide bonds. The van der Waals surface area contributed by atoms with Crippen LogP contribution in [0.4, 0.5) is 16.2 Å². The van der Waals surface area contributed by atoms with Crippen LogP contribution in [0.1, 0.15) is 29.8 Å². The number of aryl methyl sites for hydroxylation is 1. The second-order valence-electron chi connectivity index (χ2n) is 10.4. The molecule has 1 heterocycles. The van der Waals surface area contributed by atoms with E-state index in [1.165, 1.54) is 17.4 Å². The third-order valence-electron chi connectivity index (χ3n) is 7.12. The summed E-state index contributed by atoms with van der Waals surface area (Å²) in [4.78, 5) is 28.0. The number of para-hydroxylation sites is 1. The Morgan fingerprint density at radius 1 is 1.07 bits per heavy atom. The molecular weight excluding hydrogens is 544 g/mol. The van der Waals surface area contributed by atoms with Gasteiger partial charge in [0.1, 0.15) is 11.9 Å². The summed E-state index contributed by atoms with van der Waals surface area (Å²) in [6.07, 6.45) is -0.611. The van der Waals surface area contributed by atoms with Gasteiger partial charge in [0.05, 0.1) is 29.7 Å². The number of nitrogens with zero attached hydrogens (tertiary/aromatic N) is 2. The van der Waals surface area contributed by atoms with E-state index in [4.69, 9.17) is 4.74 Å². The van der Waals surface area contributed by atoms with Crippen LogP contribution in [0.5, 0.6) is 5.75 Å². The molecule has 0 aromatic heterocycles. The molecule has 218 valence electrons. The molecule has 4 rings (SSSR count). The van der Waals surface area contributed by atoms with Gasteiger partial charge in [0.15, 0.2) is 0 Å². The molecule has 1 aliphatic heterocycles. The fourth-order valence-corrected chi connectivity index (χ4v) is 5.76. The largest absolute Gasteiger partial charge is 0.488 e. The number of fused-ring (bicyclic) bond motifs is 1. The van der Waals surface area contributed by atoms with Gasteiger partial charge in [0.25, 0.3) is 5.91 Å². The first kappa shape index (κ1) is 30.0. The smallest absolute Gasteiger partial charge is 0.323 e. The average molecular weight is 581 g/mol. The van der Waals surface area contributed by atoms with Gasteiger partial charge in [-0.1, -0.05) is 42.8 Å². The van der Waals surface area contributed by atoms with Crippen LogP contribution in [-0.2, 0) is 10.0 Å². The number of carbonyl (C=O) groups excluding carboxylic acids is 2. The molecule has 0 saturated carbocycles. The van der Waals surface area contributed by atoms with Crippen molar-refractivity contribution < 1.29 is 27.9 Å². The van der Waals surface area contributed by atoms with Crippen LogP contribution in [-0.4, -0.2) is 73.6 Å². The number of carbonyl (C=O) groups is 2. The maximum absolute atomic E-state index is 13.7. The van der Waals surface area contributed by atoms with Crippen LogP contribution >= 0.6 is 0 Å². The monoisotopic (exact) mass is 580 g/mol. The molecule has 0 unspecified atom stereocenters. The molecule has 0 radical (unpaired) electrons. The number of anilines is 2. The quantitative estimate of drug-likeness (QED) is 0.367. The van der Waals surface area contributed by atoms with Crippen molar-refractivity contribution >= 4 is 33.3 Å². The third-order valence-corrected chi connectivity index (χ3v) is 8.96. The highest BCUT2D eigenvalue weighted by Gasteiger charge is 2.35. The number of hydrogen-bond donors (Lipinski definition) is 3. The van der Waals surface area contributed by atoms with E-state index in [0.717, 1.165) is 5.56 Å². The molecular formula is C30H36N4O6S. The van der Waals surface area contributed by atoms with Gasteiger partial charge in [-0.05, 0) is 56.3 Å². The number of ether oxygens (including phenoxy) is 1. The zero-order chi connectivity index (χ0) is 29.7. The first-order valence-electron chi connectivity index (χ1n) is 13.4. The molecule has 0 spiro atoms. The van der Waals surface area contributed by atoms with Crippen molar-refractivity contribution in [1.29, 1.82) is 0 Å². The number of amides is 3. The lowest BCUT2D eigenvalue weighted by molar-refractivity contribution is 0.0387. The summed E-state index contributed by atoms with van der Waals surface area (Å²) in [5.74, 6) is -0.373. The second kappa shape index (κ2) is 12.7. The summed E-state index contributed by atoms with van der Waals surface area (Å²) < 4.78 is 34.2. The van der Waals surface area contributed by atoms with Crippen LogP contribution in [0.25, 0.3) is 0 Å². The Balaban J connectivity index is 1.61.